The minimum absolute atomic E-state index is 0.134. The fraction of sp³-hybridized carbons (Fsp3) is 0.273. The highest BCUT2D eigenvalue weighted by Gasteiger charge is 2.26. The molecule has 6 nitrogen and oxygen atoms in total. The predicted molar refractivity (Wildman–Crippen MR) is 118 cm³/mol. The molecule has 0 bridgehead atoms. The molecule has 1 aliphatic heterocycles. The highest BCUT2D eigenvalue weighted by Crippen LogP contribution is 2.25. The van der Waals surface area contributed by atoms with E-state index in [-0.39, 0.29) is 33.4 Å². The summed E-state index contributed by atoms with van der Waals surface area (Å²) in [7, 11) is -3.76. The van der Waals surface area contributed by atoms with Gasteiger partial charge in [0.05, 0.1) is 4.90 Å². The first-order valence-electron chi connectivity index (χ1n) is 9.98. The fourth-order valence-electron chi connectivity index (χ4n) is 3.77. The van der Waals surface area contributed by atoms with Gasteiger partial charge in [-0.2, -0.15) is 0 Å². The molecule has 1 aliphatic rings. The van der Waals surface area contributed by atoms with Gasteiger partial charge in [0.1, 0.15) is 11.5 Å². The van der Waals surface area contributed by atoms with E-state index in [1.54, 1.807) is 34.5 Å². The van der Waals surface area contributed by atoms with E-state index < -0.39 is 10.0 Å². The Hall–Kier alpha value is -2.78. The molecule has 1 atom stereocenters. The lowest BCUT2D eigenvalue weighted by atomic mass is 9.91. The van der Waals surface area contributed by atoms with Gasteiger partial charge in [-0.15, -0.1) is 11.3 Å². The van der Waals surface area contributed by atoms with Crippen molar-refractivity contribution in [2.75, 3.05) is 17.8 Å². The van der Waals surface area contributed by atoms with Crippen LogP contribution in [0.25, 0.3) is 0 Å². The van der Waals surface area contributed by atoms with Crippen LogP contribution in [-0.4, -0.2) is 37.3 Å². The number of sulfonamides is 1. The summed E-state index contributed by atoms with van der Waals surface area (Å²) >= 11 is 1.08. The molecular weight excluding hydrogens is 437 g/mol. The number of nitrogens with zero attached hydrogens (tertiary/aromatic N) is 2. The SMILES string of the molecule is O=C(c1csc(NS(=O)(=O)c2ccccc2)n1)N1CCCC(Cc2cccc(F)c2)C1. The van der Waals surface area contributed by atoms with Gasteiger partial charge in [-0.3, -0.25) is 9.52 Å². The molecule has 2 aromatic carbocycles. The summed E-state index contributed by atoms with van der Waals surface area (Å²) in [6.45, 7) is 1.19. The lowest BCUT2D eigenvalue weighted by Gasteiger charge is -2.32. The third-order valence-corrected chi connectivity index (χ3v) is 7.46. The normalized spacial score (nSPS) is 16.8. The molecule has 1 saturated heterocycles. The molecule has 0 aliphatic carbocycles. The van der Waals surface area contributed by atoms with Crippen molar-refractivity contribution in [1.82, 2.24) is 9.88 Å². The Labute approximate surface area is 184 Å². The number of likely N-dealkylation sites (tertiary alicyclic amines) is 1. The smallest absolute Gasteiger partial charge is 0.273 e. The number of nitrogens with one attached hydrogen (secondary N) is 1. The molecule has 31 heavy (non-hydrogen) atoms. The van der Waals surface area contributed by atoms with Gasteiger partial charge in [-0.25, -0.2) is 17.8 Å². The minimum atomic E-state index is -3.76. The van der Waals surface area contributed by atoms with Crippen LogP contribution in [0, 0.1) is 11.7 Å². The Kier molecular flexibility index (Phi) is 6.33. The first kappa shape index (κ1) is 21.5. The first-order chi connectivity index (χ1) is 14.9. The van der Waals surface area contributed by atoms with Crippen molar-refractivity contribution < 1.29 is 17.6 Å². The molecule has 2 heterocycles. The number of anilines is 1. The molecule has 1 unspecified atom stereocenters. The average Bonchev–Trinajstić information content (AvgIpc) is 3.22. The molecular formula is C22H22FN3O3S2. The largest absolute Gasteiger partial charge is 0.337 e. The average molecular weight is 460 g/mol. The molecule has 3 aromatic rings. The van der Waals surface area contributed by atoms with Crippen molar-refractivity contribution in [3.05, 3.63) is 77.1 Å². The van der Waals surface area contributed by atoms with Gasteiger partial charge in [0.25, 0.3) is 15.9 Å². The molecule has 1 amide bonds. The van der Waals surface area contributed by atoms with Crippen molar-refractivity contribution >= 4 is 32.4 Å². The van der Waals surface area contributed by atoms with Crippen molar-refractivity contribution in [2.45, 2.75) is 24.2 Å². The fourth-order valence-corrected chi connectivity index (χ4v) is 5.73. The quantitative estimate of drug-likeness (QED) is 0.600. The van der Waals surface area contributed by atoms with E-state index >= 15 is 0 Å². The zero-order valence-corrected chi connectivity index (χ0v) is 18.3. The summed E-state index contributed by atoms with van der Waals surface area (Å²) in [5.74, 6) is -0.228. The third kappa shape index (κ3) is 5.29. The van der Waals surface area contributed by atoms with Crippen molar-refractivity contribution in [3.63, 3.8) is 0 Å². The van der Waals surface area contributed by atoms with Gasteiger partial charge in [0.15, 0.2) is 5.13 Å². The summed E-state index contributed by atoms with van der Waals surface area (Å²) in [5, 5.41) is 1.72. The summed E-state index contributed by atoms with van der Waals surface area (Å²) in [4.78, 5) is 19.0. The highest BCUT2D eigenvalue weighted by atomic mass is 32.2. The molecule has 9 heteroatoms. The van der Waals surface area contributed by atoms with Crippen LogP contribution in [0.5, 0.6) is 0 Å². The number of aromatic nitrogens is 1. The zero-order chi connectivity index (χ0) is 21.8. The second kappa shape index (κ2) is 9.15. The molecule has 0 spiro atoms. The lowest BCUT2D eigenvalue weighted by molar-refractivity contribution is 0.0668. The van der Waals surface area contributed by atoms with E-state index in [9.17, 15) is 17.6 Å². The molecule has 162 valence electrons. The Bertz CT molecular complexity index is 1170. The summed E-state index contributed by atoms with van der Waals surface area (Å²) in [5.41, 5.74) is 1.15. The lowest BCUT2D eigenvalue weighted by Crippen LogP contribution is -2.40. The molecule has 1 fully saturated rings. The van der Waals surface area contributed by atoms with Crippen molar-refractivity contribution in [3.8, 4) is 0 Å². The number of carbonyl (C=O) groups excluding carboxylic acids is 1. The minimum Gasteiger partial charge on any atom is -0.337 e. The number of thiazole rings is 1. The van der Waals surface area contributed by atoms with Gasteiger partial charge < -0.3 is 4.90 Å². The molecule has 1 N–H and O–H groups in total. The van der Waals surface area contributed by atoms with Crippen LogP contribution in [0.4, 0.5) is 9.52 Å². The van der Waals surface area contributed by atoms with Crippen molar-refractivity contribution in [1.29, 1.82) is 0 Å². The maximum atomic E-state index is 13.5. The van der Waals surface area contributed by atoms with Crippen LogP contribution in [0.2, 0.25) is 0 Å². The number of rotatable bonds is 6. The van der Waals surface area contributed by atoms with Crippen LogP contribution in [-0.2, 0) is 16.4 Å². The monoisotopic (exact) mass is 459 g/mol. The van der Waals surface area contributed by atoms with E-state index in [1.165, 1.54) is 24.3 Å². The summed E-state index contributed by atoms with van der Waals surface area (Å²) in [6.07, 6.45) is 2.55. The van der Waals surface area contributed by atoms with Crippen LogP contribution in [0.1, 0.15) is 28.9 Å². The number of benzene rings is 2. The number of hydrogen-bond donors (Lipinski definition) is 1. The standard InChI is InChI=1S/C22H22FN3O3S2/c23-18-8-4-6-16(13-18)12-17-7-5-11-26(14-17)21(27)20-15-30-22(24-20)25-31(28,29)19-9-2-1-3-10-19/h1-4,6,8-10,13,15,17H,5,7,11-12,14H2,(H,24,25). The molecule has 1 aromatic heterocycles. The van der Waals surface area contributed by atoms with Crippen LogP contribution < -0.4 is 4.72 Å². The highest BCUT2D eigenvalue weighted by molar-refractivity contribution is 7.93. The topological polar surface area (TPSA) is 79.4 Å². The second-order valence-corrected chi connectivity index (χ2v) is 10.1. The molecule has 4 rings (SSSR count). The van der Waals surface area contributed by atoms with Gasteiger partial charge in [0, 0.05) is 18.5 Å². The number of piperidine rings is 1. The zero-order valence-electron chi connectivity index (χ0n) is 16.7. The summed E-state index contributed by atoms with van der Waals surface area (Å²) < 4.78 is 40.8. The Morgan fingerprint density at radius 2 is 2.00 bits per heavy atom. The Balaban J connectivity index is 1.41. The van der Waals surface area contributed by atoms with Gasteiger partial charge in [-0.05, 0) is 55.0 Å². The maximum absolute atomic E-state index is 13.5. The van der Waals surface area contributed by atoms with E-state index in [1.807, 2.05) is 6.07 Å². The number of amides is 1. The Morgan fingerprint density at radius 1 is 1.19 bits per heavy atom. The number of hydrogen-bond acceptors (Lipinski definition) is 5. The first-order valence-corrected chi connectivity index (χ1v) is 12.3. The van der Waals surface area contributed by atoms with Crippen LogP contribution in [0.15, 0.2) is 64.9 Å². The van der Waals surface area contributed by atoms with Gasteiger partial charge >= 0.3 is 0 Å². The summed E-state index contributed by atoms with van der Waals surface area (Å²) in [6, 6.07) is 14.6. The Morgan fingerprint density at radius 3 is 2.77 bits per heavy atom. The van der Waals surface area contributed by atoms with Gasteiger partial charge in [0.2, 0.25) is 0 Å². The van der Waals surface area contributed by atoms with E-state index in [0.717, 1.165) is 29.7 Å². The predicted octanol–water partition coefficient (Wildman–Crippen LogP) is 4.18. The van der Waals surface area contributed by atoms with E-state index in [2.05, 4.69) is 9.71 Å². The number of carbonyl (C=O) groups is 1. The molecule has 0 radical (unpaired) electrons. The van der Waals surface area contributed by atoms with E-state index in [0.29, 0.717) is 19.5 Å². The molecule has 0 saturated carbocycles. The van der Waals surface area contributed by atoms with Crippen molar-refractivity contribution in [2.24, 2.45) is 5.92 Å². The number of halogens is 1. The van der Waals surface area contributed by atoms with Crippen LogP contribution in [0.3, 0.4) is 0 Å². The van der Waals surface area contributed by atoms with Crippen LogP contribution >= 0.6 is 11.3 Å². The van der Waals surface area contributed by atoms with E-state index in [4.69, 9.17) is 0 Å². The maximum Gasteiger partial charge on any atom is 0.273 e. The van der Waals surface area contributed by atoms with Gasteiger partial charge in [-0.1, -0.05) is 30.3 Å². The second-order valence-electron chi connectivity index (χ2n) is 7.55. The third-order valence-electron chi connectivity index (χ3n) is 5.22.